The van der Waals surface area contributed by atoms with Crippen molar-refractivity contribution in [1.29, 1.82) is 0 Å². The molecular formula is C18H18N2O3. The number of methoxy groups -OCH3 is 1. The molecule has 2 aromatic rings. The zero-order valence-electron chi connectivity index (χ0n) is 13.3. The summed E-state index contributed by atoms with van der Waals surface area (Å²) >= 11 is 0. The predicted molar refractivity (Wildman–Crippen MR) is 90.2 cm³/mol. The number of benzene rings is 2. The van der Waals surface area contributed by atoms with Crippen molar-refractivity contribution in [3.8, 4) is 11.5 Å². The first kappa shape index (κ1) is 15.0. The van der Waals surface area contributed by atoms with Crippen LogP contribution in [-0.4, -0.2) is 37.1 Å². The molecule has 3 rings (SSSR count). The number of nitrogens with zero attached hydrogens (tertiary/aromatic N) is 1. The fourth-order valence-electron chi connectivity index (χ4n) is 2.77. The largest absolute Gasteiger partial charge is 0.508 e. The second-order valence-electron chi connectivity index (χ2n) is 5.53. The number of fused-ring (bicyclic) bond motifs is 1. The zero-order valence-corrected chi connectivity index (χ0v) is 13.3. The zero-order chi connectivity index (χ0) is 16.6. The van der Waals surface area contributed by atoms with Crippen LogP contribution in [0.2, 0.25) is 0 Å². The Balaban J connectivity index is 2.20. The molecule has 0 atom stereocenters. The van der Waals surface area contributed by atoms with Gasteiger partial charge in [0.2, 0.25) is 0 Å². The maximum absolute atomic E-state index is 12.5. The van der Waals surface area contributed by atoms with Crippen LogP contribution < -0.4 is 10.1 Å². The van der Waals surface area contributed by atoms with Crippen molar-refractivity contribution in [2.24, 2.45) is 0 Å². The van der Waals surface area contributed by atoms with Crippen LogP contribution in [0, 0.1) is 0 Å². The molecule has 118 valence electrons. The van der Waals surface area contributed by atoms with Gasteiger partial charge in [-0.1, -0.05) is 0 Å². The van der Waals surface area contributed by atoms with E-state index in [2.05, 4.69) is 5.32 Å². The molecule has 23 heavy (non-hydrogen) atoms. The highest BCUT2D eigenvalue weighted by Gasteiger charge is 2.29. The normalized spacial score (nSPS) is 15.0. The molecule has 0 spiro atoms. The number of nitrogens with one attached hydrogen (secondary N) is 1. The van der Waals surface area contributed by atoms with Crippen molar-refractivity contribution < 1.29 is 14.6 Å². The number of aromatic hydroxyl groups is 1. The smallest absolute Gasteiger partial charge is 0.258 e. The first-order chi connectivity index (χ1) is 11.0. The van der Waals surface area contributed by atoms with Crippen LogP contribution in [0.25, 0.3) is 11.3 Å². The highest BCUT2D eigenvalue weighted by atomic mass is 16.5. The molecule has 0 aromatic heterocycles. The van der Waals surface area contributed by atoms with Crippen LogP contribution in [0.3, 0.4) is 0 Å². The van der Waals surface area contributed by atoms with Gasteiger partial charge in [-0.15, -0.1) is 0 Å². The average molecular weight is 310 g/mol. The van der Waals surface area contributed by atoms with E-state index in [1.54, 1.807) is 25.3 Å². The molecule has 0 fully saturated rings. The van der Waals surface area contributed by atoms with Crippen LogP contribution >= 0.6 is 0 Å². The summed E-state index contributed by atoms with van der Waals surface area (Å²) in [6, 6.07) is 12.5. The van der Waals surface area contributed by atoms with E-state index in [1.165, 1.54) is 0 Å². The molecule has 0 aliphatic carbocycles. The molecular weight excluding hydrogens is 292 g/mol. The quantitative estimate of drug-likeness (QED) is 0.856. The molecule has 2 aromatic carbocycles. The molecule has 5 heteroatoms. The second-order valence-corrected chi connectivity index (χ2v) is 5.53. The number of hydrogen-bond donors (Lipinski definition) is 2. The Morgan fingerprint density at radius 1 is 1.13 bits per heavy atom. The number of hydrogen-bond acceptors (Lipinski definition) is 4. The molecule has 0 radical (unpaired) electrons. The van der Waals surface area contributed by atoms with Crippen LogP contribution in [0.15, 0.2) is 42.5 Å². The summed E-state index contributed by atoms with van der Waals surface area (Å²) in [5.74, 6) is 0.712. The van der Waals surface area contributed by atoms with E-state index in [0.29, 0.717) is 11.3 Å². The lowest BCUT2D eigenvalue weighted by atomic mass is 9.99. The molecule has 5 nitrogen and oxygen atoms in total. The lowest BCUT2D eigenvalue weighted by Crippen LogP contribution is -2.15. The van der Waals surface area contributed by atoms with E-state index >= 15 is 0 Å². The summed E-state index contributed by atoms with van der Waals surface area (Å²) in [5, 5.41) is 12.4. The van der Waals surface area contributed by atoms with Crippen molar-refractivity contribution in [3.05, 3.63) is 53.6 Å². The van der Waals surface area contributed by atoms with E-state index in [1.807, 2.05) is 43.3 Å². The minimum absolute atomic E-state index is 0.126. The summed E-state index contributed by atoms with van der Waals surface area (Å²) in [5.41, 5.74) is 3.73. The van der Waals surface area contributed by atoms with E-state index < -0.39 is 0 Å². The van der Waals surface area contributed by atoms with Gasteiger partial charge in [0.1, 0.15) is 11.5 Å². The molecule has 0 unspecified atom stereocenters. The number of phenolic OH excluding ortho intramolecular Hbond substituents is 1. The number of rotatable bonds is 3. The number of phenols is 1. The SMILES string of the molecule is COc1ccc(/C(=C2/C(=O)Nc3cc(O)ccc32)N(C)C)cc1. The summed E-state index contributed by atoms with van der Waals surface area (Å²) in [6.45, 7) is 0. The summed E-state index contributed by atoms with van der Waals surface area (Å²) < 4.78 is 5.19. The number of amides is 1. The first-order valence-electron chi connectivity index (χ1n) is 7.22. The van der Waals surface area contributed by atoms with Crippen molar-refractivity contribution in [2.75, 3.05) is 26.5 Å². The summed E-state index contributed by atoms with van der Waals surface area (Å²) in [4.78, 5) is 14.4. The summed E-state index contributed by atoms with van der Waals surface area (Å²) in [7, 11) is 5.42. The highest BCUT2D eigenvalue weighted by molar-refractivity contribution is 6.36. The number of carbonyl (C=O) groups excluding carboxylic acids is 1. The van der Waals surface area contributed by atoms with Gasteiger partial charge in [-0.25, -0.2) is 0 Å². The van der Waals surface area contributed by atoms with Gasteiger partial charge in [-0.2, -0.15) is 0 Å². The molecule has 2 N–H and O–H groups in total. The Kier molecular flexibility index (Phi) is 3.70. The van der Waals surface area contributed by atoms with E-state index in [9.17, 15) is 9.90 Å². The number of anilines is 1. The minimum Gasteiger partial charge on any atom is -0.508 e. The van der Waals surface area contributed by atoms with Crippen LogP contribution in [0.5, 0.6) is 11.5 Å². The van der Waals surface area contributed by atoms with Gasteiger partial charge in [0.15, 0.2) is 0 Å². The van der Waals surface area contributed by atoms with Crippen molar-refractivity contribution in [3.63, 3.8) is 0 Å². The molecule has 0 bridgehead atoms. The first-order valence-corrected chi connectivity index (χ1v) is 7.22. The minimum atomic E-state index is -0.176. The van der Waals surface area contributed by atoms with E-state index in [-0.39, 0.29) is 11.7 Å². The van der Waals surface area contributed by atoms with Crippen molar-refractivity contribution >= 4 is 22.9 Å². The Bertz CT molecular complexity index is 792. The van der Waals surface area contributed by atoms with Crippen LogP contribution in [0.4, 0.5) is 5.69 Å². The molecule has 1 aliphatic heterocycles. The van der Waals surface area contributed by atoms with Crippen molar-refractivity contribution in [1.82, 2.24) is 4.90 Å². The Morgan fingerprint density at radius 3 is 2.43 bits per heavy atom. The fourth-order valence-corrected chi connectivity index (χ4v) is 2.77. The average Bonchev–Trinajstić information content (AvgIpc) is 2.83. The molecule has 1 aliphatic rings. The highest BCUT2D eigenvalue weighted by Crippen LogP contribution is 2.39. The Hall–Kier alpha value is -2.95. The van der Waals surface area contributed by atoms with Crippen molar-refractivity contribution in [2.45, 2.75) is 0 Å². The Labute approximate surface area is 134 Å². The maximum atomic E-state index is 12.5. The van der Waals surface area contributed by atoms with Gasteiger partial charge in [0.05, 0.1) is 24.1 Å². The van der Waals surface area contributed by atoms with Gasteiger partial charge < -0.3 is 20.1 Å². The van der Waals surface area contributed by atoms with Crippen LogP contribution in [0.1, 0.15) is 11.1 Å². The fraction of sp³-hybridized carbons (Fsp3) is 0.167. The van der Waals surface area contributed by atoms with Gasteiger partial charge in [-0.05, 0) is 42.0 Å². The topological polar surface area (TPSA) is 61.8 Å². The third kappa shape index (κ3) is 2.61. The van der Waals surface area contributed by atoms with E-state index in [4.69, 9.17) is 4.74 Å². The number of ether oxygens (including phenoxy) is 1. The lowest BCUT2D eigenvalue weighted by Gasteiger charge is -2.20. The third-order valence-corrected chi connectivity index (χ3v) is 3.80. The van der Waals surface area contributed by atoms with Gasteiger partial charge in [0, 0.05) is 25.7 Å². The van der Waals surface area contributed by atoms with E-state index in [0.717, 1.165) is 22.6 Å². The standard InChI is InChI=1S/C18H18N2O3/c1-20(2)17(11-4-7-13(23-3)8-5-11)16-14-9-6-12(21)10-15(14)19-18(16)22/h4-10,21H,1-3H3,(H,19,22)/b17-16-. The Morgan fingerprint density at radius 2 is 1.83 bits per heavy atom. The van der Waals surface area contributed by atoms with Crippen LogP contribution in [-0.2, 0) is 4.79 Å². The summed E-state index contributed by atoms with van der Waals surface area (Å²) in [6.07, 6.45) is 0. The number of carbonyl (C=O) groups is 1. The monoisotopic (exact) mass is 310 g/mol. The van der Waals surface area contributed by atoms with Gasteiger partial charge >= 0.3 is 0 Å². The molecule has 1 amide bonds. The maximum Gasteiger partial charge on any atom is 0.258 e. The van der Waals surface area contributed by atoms with Gasteiger partial charge in [0.25, 0.3) is 5.91 Å². The lowest BCUT2D eigenvalue weighted by molar-refractivity contribution is -0.110. The molecule has 0 saturated carbocycles. The van der Waals surface area contributed by atoms with Gasteiger partial charge in [-0.3, -0.25) is 4.79 Å². The second kappa shape index (κ2) is 5.68. The predicted octanol–water partition coefficient (Wildman–Crippen LogP) is 2.78. The molecule has 1 heterocycles. The molecule has 0 saturated heterocycles. The third-order valence-electron chi connectivity index (χ3n) is 3.80.